The highest BCUT2D eigenvalue weighted by Crippen LogP contribution is 2.35. The molecule has 42 heavy (non-hydrogen) atoms. The van der Waals surface area contributed by atoms with Crippen LogP contribution in [0.2, 0.25) is 0 Å². The molecule has 8 nitrogen and oxygen atoms in total. The van der Waals surface area contributed by atoms with Crippen molar-refractivity contribution in [2.45, 2.75) is 45.2 Å². The summed E-state index contributed by atoms with van der Waals surface area (Å²) in [5.41, 5.74) is 5.16. The van der Waals surface area contributed by atoms with Gasteiger partial charge in [-0.1, -0.05) is 74.0 Å². The van der Waals surface area contributed by atoms with E-state index in [4.69, 9.17) is 9.47 Å². The Morgan fingerprint density at radius 1 is 1.00 bits per heavy atom. The van der Waals surface area contributed by atoms with E-state index in [0.29, 0.717) is 30.3 Å². The third-order valence-electron chi connectivity index (χ3n) is 6.53. The average molecular weight is 700 g/mol. The van der Waals surface area contributed by atoms with E-state index < -0.39 is 22.0 Å². The monoisotopic (exact) mass is 699 g/mol. The molecule has 220 valence electrons. The second-order valence-corrected chi connectivity index (χ2v) is 13.0. The van der Waals surface area contributed by atoms with Gasteiger partial charge in [-0.3, -0.25) is 4.79 Å². The Bertz CT molecular complexity index is 1680. The number of sulfonamides is 1. The fourth-order valence-corrected chi connectivity index (χ4v) is 6.44. The van der Waals surface area contributed by atoms with Crippen LogP contribution in [0.25, 0.3) is 10.8 Å². The third-order valence-corrected chi connectivity index (χ3v) is 8.79. The molecule has 1 atom stereocenters. The molecule has 2 N–H and O–H groups in total. The van der Waals surface area contributed by atoms with Gasteiger partial charge in [-0.15, -0.1) is 0 Å². The zero-order valence-corrected chi connectivity index (χ0v) is 26.9. The Balaban J connectivity index is 1.47. The number of benzene rings is 4. The van der Waals surface area contributed by atoms with Crippen LogP contribution >= 0.6 is 22.6 Å². The van der Waals surface area contributed by atoms with Crippen LogP contribution in [-0.4, -0.2) is 33.2 Å². The number of ether oxygens (including phenoxy) is 2. The molecular formula is C32H34IN3O5S. The van der Waals surface area contributed by atoms with Crippen molar-refractivity contribution in [2.75, 3.05) is 6.61 Å². The van der Waals surface area contributed by atoms with Gasteiger partial charge >= 0.3 is 0 Å². The van der Waals surface area contributed by atoms with E-state index in [-0.39, 0.29) is 10.8 Å². The van der Waals surface area contributed by atoms with Crippen LogP contribution in [0, 0.1) is 16.4 Å². The Morgan fingerprint density at radius 2 is 1.71 bits per heavy atom. The van der Waals surface area contributed by atoms with Crippen molar-refractivity contribution in [3.63, 3.8) is 0 Å². The van der Waals surface area contributed by atoms with Gasteiger partial charge in [0, 0.05) is 0 Å². The fourth-order valence-electron chi connectivity index (χ4n) is 4.32. The van der Waals surface area contributed by atoms with E-state index in [0.717, 1.165) is 25.5 Å². The van der Waals surface area contributed by atoms with E-state index in [1.54, 1.807) is 32.0 Å². The molecule has 0 aliphatic heterocycles. The summed E-state index contributed by atoms with van der Waals surface area (Å²) in [6.45, 7) is 8.10. The van der Waals surface area contributed by atoms with Crippen molar-refractivity contribution < 1.29 is 22.7 Å². The summed E-state index contributed by atoms with van der Waals surface area (Å²) < 4.78 is 41.2. The lowest BCUT2D eigenvalue weighted by atomic mass is 10.1. The van der Waals surface area contributed by atoms with E-state index >= 15 is 0 Å². The second-order valence-electron chi connectivity index (χ2n) is 10.1. The maximum absolute atomic E-state index is 12.9. The Labute approximate surface area is 260 Å². The Kier molecular flexibility index (Phi) is 10.6. The predicted octanol–water partition coefficient (Wildman–Crippen LogP) is 6.18. The molecule has 0 saturated heterocycles. The minimum atomic E-state index is -3.90. The highest BCUT2D eigenvalue weighted by molar-refractivity contribution is 14.1. The van der Waals surface area contributed by atoms with Gasteiger partial charge in [-0.25, -0.2) is 13.8 Å². The molecule has 0 unspecified atom stereocenters. The molecule has 0 aliphatic rings. The number of hydrogen-bond donors (Lipinski definition) is 2. The lowest BCUT2D eigenvalue weighted by Gasteiger charge is -2.20. The molecule has 4 aromatic rings. The van der Waals surface area contributed by atoms with Crippen molar-refractivity contribution >= 4 is 55.5 Å². The summed E-state index contributed by atoms with van der Waals surface area (Å²) in [7, 11) is -3.90. The van der Waals surface area contributed by atoms with Crippen LogP contribution < -0.4 is 19.6 Å². The minimum absolute atomic E-state index is 0.0934. The fraction of sp³-hybridized carbons (Fsp3) is 0.250. The zero-order chi connectivity index (χ0) is 30.3. The summed E-state index contributed by atoms with van der Waals surface area (Å²) >= 11 is 2.19. The number of nitrogens with zero attached hydrogens (tertiary/aromatic N) is 1. The number of amides is 1. The molecule has 4 aromatic carbocycles. The van der Waals surface area contributed by atoms with Crippen molar-refractivity contribution in [3.05, 3.63) is 99.1 Å². The van der Waals surface area contributed by atoms with E-state index in [9.17, 15) is 13.2 Å². The lowest BCUT2D eigenvalue weighted by molar-refractivity contribution is -0.123. The topological polar surface area (TPSA) is 106 Å². The number of nitrogens with one attached hydrogen (secondary N) is 2. The Hall–Kier alpha value is -3.48. The molecule has 0 saturated carbocycles. The number of aryl methyl sites for hydroxylation is 1. The number of rotatable bonds is 12. The molecule has 0 aliphatic carbocycles. The molecule has 1 amide bonds. The van der Waals surface area contributed by atoms with Gasteiger partial charge in [0.2, 0.25) is 10.0 Å². The SMILES string of the molecule is CCOc1cc(/C=N\NC(=O)[C@H](NS(=O)(=O)c2ccc(C)cc2)C(C)C)cc(I)c1OCc1cccc2ccccc12. The van der Waals surface area contributed by atoms with Crippen LogP contribution in [0.3, 0.4) is 0 Å². The van der Waals surface area contributed by atoms with E-state index in [1.807, 2.05) is 44.2 Å². The lowest BCUT2D eigenvalue weighted by Crippen LogP contribution is -2.48. The van der Waals surface area contributed by atoms with Crippen LogP contribution in [0.1, 0.15) is 37.5 Å². The predicted molar refractivity (Wildman–Crippen MR) is 174 cm³/mol. The molecule has 0 radical (unpaired) electrons. The molecule has 10 heteroatoms. The number of hydrazone groups is 1. The van der Waals surface area contributed by atoms with Crippen LogP contribution in [0.5, 0.6) is 11.5 Å². The number of carbonyl (C=O) groups excluding carboxylic acids is 1. The number of fused-ring (bicyclic) bond motifs is 1. The number of halogens is 1. The van der Waals surface area contributed by atoms with Crippen LogP contribution in [-0.2, 0) is 21.4 Å². The average Bonchev–Trinajstić information content (AvgIpc) is 2.96. The molecule has 4 rings (SSSR count). The van der Waals surface area contributed by atoms with Crippen molar-refractivity contribution in [3.8, 4) is 11.5 Å². The first-order chi connectivity index (χ1) is 20.1. The Morgan fingerprint density at radius 3 is 2.43 bits per heavy atom. The maximum atomic E-state index is 12.9. The first-order valence-electron chi connectivity index (χ1n) is 13.6. The first-order valence-corrected chi connectivity index (χ1v) is 16.1. The highest BCUT2D eigenvalue weighted by Gasteiger charge is 2.28. The highest BCUT2D eigenvalue weighted by atomic mass is 127. The van der Waals surface area contributed by atoms with Gasteiger partial charge < -0.3 is 9.47 Å². The normalized spacial score (nSPS) is 12.5. The van der Waals surface area contributed by atoms with E-state index in [2.05, 4.69) is 56.0 Å². The third kappa shape index (κ3) is 7.87. The molecule has 0 spiro atoms. The molecule has 0 bridgehead atoms. The van der Waals surface area contributed by atoms with Crippen LogP contribution in [0.15, 0.2) is 88.9 Å². The maximum Gasteiger partial charge on any atom is 0.258 e. The number of carbonyl (C=O) groups is 1. The van der Waals surface area contributed by atoms with Gasteiger partial charge in [-0.05, 0) is 88.5 Å². The summed E-state index contributed by atoms with van der Waals surface area (Å²) in [6.07, 6.45) is 1.49. The van der Waals surface area contributed by atoms with Gasteiger partial charge in [0.25, 0.3) is 5.91 Å². The molecular weight excluding hydrogens is 665 g/mol. The summed E-state index contributed by atoms with van der Waals surface area (Å²) in [5.74, 6) is 0.302. The summed E-state index contributed by atoms with van der Waals surface area (Å²) in [4.78, 5) is 13.0. The molecule has 0 fully saturated rings. The smallest absolute Gasteiger partial charge is 0.258 e. The minimum Gasteiger partial charge on any atom is -0.490 e. The van der Waals surface area contributed by atoms with Gasteiger partial charge in [0.05, 0.1) is 21.3 Å². The van der Waals surface area contributed by atoms with Crippen molar-refractivity contribution in [1.82, 2.24) is 10.1 Å². The van der Waals surface area contributed by atoms with Gasteiger partial charge in [-0.2, -0.15) is 9.82 Å². The number of hydrogen-bond acceptors (Lipinski definition) is 6. The van der Waals surface area contributed by atoms with Crippen LogP contribution in [0.4, 0.5) is 0 Å². The quantitative estimate of drug-likeness (QED) is 0.104. The zero-order valence-electron chi connectivity index (χ0n) is 23.9. The summed E-state index contributed by atoms with van der Waals surface area (Å²) in [6, 6.07) is 23.4. The first kappa shape index (κ1) is 31.5. The standard InChI is InChI=1S/C32H34IN3O5S/c1-5-40-29-18-23(17-28(33)31(29)41-20-25-11-8-10-24-9-6-7-12-27(24)25)19-34-35-32(37)30(21(2)3)36-42(38,39)26-15-13-22(4)14-16-26/h6-19,21,30,36H,5,20H2,1-4H3,(H,35,37)/b34-19-/t30-/m1/s1. The summed E-state index contributed by atoms with van der Waals surface area (Å²) in [5, 5.41) is 6.38. The van der Waals surface area contributed by atoms with Crippen molar-refractivity contribution in [1.29, 1.82) is 0 Å². The van der Waals surface area contributed by atoms with Gasteiger partial charge in [0.1, 0.15) is 12.6 Å². The second kappa shape index (κ2) is 14.1. The molecule has 0 heterocycles. The van der Waals surface area contributed by atoms with E-state index in [1.165, 1.54) is 18.3 Å². The largest absolute Gasteiger partial charge is 0.490 e. The van der Waals surface area contributed by atoms with Gasteiger partial charge in [0.15, 0.2) is 11.5 Å². The molecule has 0 aromatic heterocycles. The van der Waals surface area contributed by atoms with Crippen molar-refractivity contribution in [2.24, 2.45) is 11.0 Å².